The minimum Gasteiger partial charge on any atom is -0.396 e. The number of hydrogen-bond acceptors (Lipinski definition) is 1. The van der Waals surface area contributed by atoms with Gasteiger partial charge in [0, 0.05) is 6.61 Å². The minimum absolute atomic E-state index is 0.243. The van der Waals surface area contributed by atoms with Crippen LogP contribution in [-0.4, -0.2) is 11.7 Å². The van der Waals surface area contributed by atoms with Gasteiger partial charge in [-0.25, -0.2) is 0 Å². The van der Waals surface area contributed by atoms with E-state index in [0.29, 0.717) is 12.5 Å². The maximum absolute atomic E-state index is 9.15. The van der Waals surface area contributed by atoms with Crippen LogP contribution >= 0.6 is 0 Å². The minimum atomic E-state index is 0.243. The molecule has 0 radical (unpaired) electrons. The van der Waals surface area contributed by atoms with E-state index in [4.69, 9.17) is 5.11 Å². The maximum Gasteiger partial charge on any atom is 0.0468 e. The Bertz CT molecular complexity index is 356. The first kappa shape index (κ1) is 9.72. The van der Waals surface area contributed by atoms with Gasteiger partial charge in [0.15, 0.2) is 0 Å². The van der Waals surface area contributed by atoms with Gasteiger partial charge in [-0.2, -0.15) is 0 Å². The van der Waals surface area contributed by atoms with Crippen molar-refractivity contribution >= 4 is 0 Å². The largest absolute Gasteiger partial charge is 0.396 e. The first-order valence-electron chi connectivity index (χ1n) is 5.26. The fourth-order valence-electron chi connectivity index (χ4n) is 2.50. The van der Waals surface area contributed by atoms with Gasteiger partial charge in [-0.15, -0.1) is 0 Å². The quantitative estimate of drug-likeness (QED) is 0.760. The highest BCUT2D eigenvalue weighted by molar-refractivity contribution is 5.40. The average molecular weight is 190 g/mol. The fraction of sp³-hybridized carbons (Fsp3) is 0.538. The zero-order valence-electron chi connectivity index (χ0n) is 9.17. The van der Waals surface area contributed by atoms with Gasteiger partial charge in [-0.3, -0.25) is 0 Å². The predicted octanol–water partition coefficient (Wildman–Crippen LogP) is 2.57. The molecular formula is C13H18O. The number of hydrogen-bond donors (Lipinski definition) is 1. The van der Waals surface area contributed by atoms with Crippen LogP contribution in [0.3, 0.4) is 0 Å². The van der Waals surface area contributed by atoms with Gasteiger partial charge in [0.05, 0.1) is 0 Å². The van der Waals surface area contributed by atoms with E-state index in [2.05, 4.69) is 39.0 Å². The van der Waals surface area contributed by atoms with Crippen molar-refractivity contribution in [3.63, 3.8) is 0 Å². The Hall–Kier alpha value is -0.820. The van der Waals surface area contributed by atoms with E-state index >= 15 is 0 Å². The highest BCUT2D eigenvalue weighted by atomic mass is 16.3. The van der Waals surface area contributed by atoms with Gasteiger partial charge >= 0.3 is 0 Å². The van der Waals surface area contributed by atoms with Crippen molar-refractivity contribution in [2.75, 3.05) is 6.61 Å². The third-order valence-corrected chi connectivity index (χ3v) is 3.63. The summed E-state index contributed by atoms with van der Waals surface area (Å²) in [4.78, 5) is 0. The summed E-state index contributed by atoms with van der Waals surface area (Å²) in [5.41, 5.74) is 4.34. The van der Waals surface area contributed by atoms with Gasteiger partial charge in [0.1, 0.15) is 0 Å². The van der Waals surface area contributed by atoms with Crippen LogP contribution in [0.15, 0.2) is 18.2 Å². The first-order valence-corrected chi connectivity index (χ1v) is 5.26. The first-order chi connectivity index (χ1) is 6.58. The molecule has 14 heavy (non-hydrogen) atoms. The standard InChI is InChI=1S/C13H18O/c1-9-4-5-12(10(2)6-9)13(3)7-11(13)8-14/h4-6,11,14H,7-8H2,1-3H3. The number of rotatable bonds is 2. The second kappa shape index (κ2) is 3.09. The Morgan fingerprint density at radius 1 is 1.43 bits per heavy atom. The summed E-state index contributed by atoms with van der Waals surface area (Å²) in [6.45, 7) is 6.87. The van der Waals surface area contributed by atoms with E-state index in [1.807, 2.05) is 0 Å². The molecule has 1 aromatic carbocycles. The molecule has 2 rings (SSSR count). The molecule has 1 fully saturated rings. The van der Waals surface area contributed by atoms with Crippen LogP contribution in [0.2, 0.25) is 0 Å². The van der Waals surface area contributed by atoms with Gasteiger partial charge in [0.25, 0.3) is 0 Å². The Morgan fingerprint density at radius 3 is 2.64 bits per heavy atom. The molecule has 0 aromatic heterocycles. The van der Waals surface area contributed by atoms with Crippen LogP contribution in [0.5, 0.6) is 0 Å². The molecule has 0 bridgehead atoms. The van der Waals surface area contributed by atoms with Crippen molar-refractivity contribution < 1.29 is 5.11 Å². The topological polar surface area (TPSA) is 20.2 Å². The molecule has 1 aromatic rings. The zero-order valence-corrected chi connectivity index (χ0v) is 9.17. The molecule has 0 amide bonds. The van der Waals surface area contributed by atoms with Crippen molar-refractivity contribution in [1.29, 1.82) is 0 Å². The van der Waals surface area contributed by atoms with E-state index < -0.39 is 0 Å². The summed E-state index contributed by atoms with van der Waals surface area (Å²) in [5, 5.41) is 9.15. The molecule has 1 nitrogen and oxygen atoms in total. The Morgan fingerprint density at radius 2 is 2.14 bits per heavy atom. The third-order valence-electron chi connectivity index (χ3n) is 3.63. The average Bonchev–Trinajstić information content (AvgIpc) is 2.77. The van der Waals surface area contributed by atoms with E-state index in [1.165, 1.54) is 16.7 Å². The normalized spacial score (nSPS) is 30.4. The van der Waals surface area contributed by atoms with Gasteiger partial charge < -0.3 is 5.11 Å². The van der Waals surface area contributed by atoms with Crippen LogP contribution in [0.25, 0.3) is 0 Å². The lowest BCUT2D eigenvalue weighted by molar-refractivity contribution is 0.265. The molecule has 76 valence electrons. The van der Waals surface area contributed by atoms with Crippen LogP contribution in [0.4, 0.5) is 0 Å². The summed E-state index contributed by atoms with van der Waals surface area (Å²) in [7, 11) is 0. The molecule has 1 N–H and O–H groups in total. The zero-order chi connectivity index (χ0) is 10.3. The molecule has 0 saturated heterocycles. The lowest BCUT2D eigenvalue weighted by atomic mass is 9.90. The Balaban J connectivity index is 2.34. The van der Waals surface area contributed by atoms with Crippen LogP contribution in [0.1, 0.15) is 30.0 Å². The lowest BCUT2D eigenvalue weighted by Crippen LogP contribution is -2.08. The van der Waals surface area contributed by atoms with Crippen molar-refractivity contribution in [2.45, 2.75) is 32.6 Å². The molecule has 1 aliphatic rings. The van der Waals surface area contributed by atoms with Crippen LogP contribution in [-0.2, 0) is 5.41 Å². The molecule has 1 aliphatic carbocycles. The molecule has 0 heterocycles. The number of aliphatic hydroxyl groups is 1. The predicted molar refractivity (Wildman–Crippen MR) is 58.5 cm³/mol. The second-order valence-corrected chi connectivity index (χ2v) is 4.82. The Kier molecular flexibility index (Phi) is 2.15. The smallest absolute Gasteiger partial charge is 0.0468 e. The molecular weight excluding hydrogens is 172 g/mol. The molecule has 0 aliphatic heterocycles. The molecule has 0 spiro atoms. The van der Waals surface area contributed by atoms with Crippen molar-refractivity contribution in [1.82, 2.24) is 0 Å². The van der Waals surface area contributed by atoms with Crippen molar-refractivity contribution in [2.24, 2.45) is 5.92 Å². The highest BCUT2D eigenvalue weighted by Crippen LogP contribution is 2.54. The van der Waals surface area contributed by atoms with E-state index in [-0.39, 0.29) is 5.41 Å². The number of benzene rings is 1. The summed E-state index contributed by atoms with van der Waals surface area (Å²) < 4.78 is 0. The summed E-state index contributed by atoms with van der Waals surface area (Å²) in [6, 6.07) is 6.62. The fourth-order valence-corrected chi connectivity index (χ4v) is 2.50. The van der Waals surface area contributed by atoms with Gasteiger partial charge in [-0.1, -0.05) is 30.7 Å². The molecule has 1 saturated carbocycles. The van der Waals surface area contributed by atoms with E-state index in [0.717, 1.165) is 6.42 Å². The summed E-state index contributed by atoms with van der Waals surface area (Å²) in [5.74, 6) is 0.476. The van der Waals surface area contributed by atoms with E-state index in [1.54, 1.807) is 0 Å². The summed E-state index contributed by atoms with van der Waals surface area (Å²) >= 11 is 0. The van der Waals surface area contributed by atoms with Crippen LogP contribution < -0.4 is 0 Å². The Labute approximate surface area is 85.8 Å². The molecule has 2 unspecified atom stereocenters. The van der Waals surface area contributed by atoms with E-state index in [9.17, 15) is 0 Å². The number of aliphatic hydroxyl groups excluding tert-OH is 1. The van der Waals surface area contributed by atoms with Gasteiger partial charge in [0.2, 0.25) is 0 Å². The lowest BCUT2D eigenvalue weighted by Gasteiger charge is -2.14. The highest BCUT2D eigenvalue weighted by Gasteiger charge is 2.51. The van der Waals surface area contributed by atoms with Gasteiger partial charge in [-0.05, 0) is 42.7 Å². The molecule has 2 atom stereocenters. The third kappa shape index (κ3) is 1.36. The maximum atomic E-state index is 9.15. The van der Waals surface area contributed by atoms with Crippen molar-refractivity contribution in [3.8, 4) is 0 Å². The second-order valence-electron chi connectivity index (χ2n) is 4.82. The summed E-state index contributed by atoms with van der Waals surface area (Å²) in [6.07, 6.45) is 1.13. The SMILES string of the molecule is Cc1ccc(C2(C)CC2CO)c(C)c1. The number of aryl methyl sites for hydroxylation is 2. The monoisotopic (exact) mass is 190 g/mol. The van der Waals surface area contributed by atoms with Crippen LogP contribution in [0, 0.1) is 19.8 Å². The molecule has 1 heteroatoms. The van der Waals surface area contributed by atoms with Crippen molar-refractivity contribution in [3.05, 3.63) is 34.9 Å².